The van der Waals surface area contributed by atoms with Gasteiger partial charge in [-0.05, 0) is 62.7 Å². The van der Waals surface area contributed by atoms with Crippen molar-refractivity contribution in [3.63, 3.8) is 0 Å². The highest BCUT2D eigenvalue weighted by atomic mass is 16.6. The smallest absolute Gasteiger partial charge is 0.330 e. The van der Waals surface area contributed by atoms with Gasteiger partial charge in [0.05, 0.1) is 54.7 Å². The summed E-state index contributed by atoms with van der Waals surface area (Å²) in [5.41, 5.74) is -6.24. The monoisotopic (exact) mass is 1320 g/mol. The van der Waals surface area contributed by atoms with E-state index in [4.69, 9.17) is 66.3 Å². The zero-order valence-electron chi connectivity index (χ0n) is 53.4. The van der Waals surface area contributed by atoms with Crippen LogP contribution in [0.2, 0.25) is 0 Å². The van der Waals surface area contributed by atoms with Crippen molar-refractivity contribution in [1.82, 2.24) is 5.32 Å². The third kappa shape index (κ3) is 32.0. The Morgan fingerprint density at radius 3 is 0.755 bits per heavy atom. The van der Waals surface area contributed by atoms with Gasteiger partial charge in [0.15, 0.2) is 0 Å². The summed E-state index contributed by atoms with van der Waals surface area (Å²) in [4.78, 5) is 150. The van der Waals surface area contributed by atoms with E-state index in [2.05, 4.69) is 71.1 Å². The fourth-order valence-corrected chi connectivity index (χ4v) is 9.64. The van der Waals surface area contributed by atoms with E-state index in [0.29, 0.717) is 24.7 Å². The zero-order chi connectivity index (χ0) is 70.0. The molecule has 0 atom stereocenters. The number of amides is 1. The lowest BCUT2D eigenvalue weighted by molar-refractivity contribution is -0.173. The number of carbonyl (C=O) groups excluding carboxylic acids is 12. The Kier molecular flexibility index (Phi) is 37.7. The number of carbonyl (C=O) groups is 12. The lowest BCUT2D eigenvalue weighted by Gasteiger charge is -2.36. The van der Waals surface area contributed by atoms with Gasteiger partial charge in [0.25, 0.3) is 0 Å². The molecule has 27 nitrogen and oxygen atoms in total. The van der Waals surface area contributed by atoms with Gasteiger partial charge in [0.1, 0.15) is 79.3 Å². The lowest BCUT2D eigenvalue weighted by atomic mass is 9.74. The normalized spacial score (nSPS) is 16.1. The molecule has 0 aromatic carbocycles. The first-order valence-electron chi connectivity index (χ1n) is 30.0. The first-order chi connectivity index (χ1) is 44.9. The summed E-state index contributed by atoms with van der Waals surface area (Å²) in [5, 5.41) is 3.02. The van der Waals surface area contributed by atoms with Crippen LogP contribution in [0, 0.1) is 39.4 Å². The Bertz CT molecular complexity index is 2520. The van der Waals surface area contributed by atoms with Gasteiger partial charge >= 0.3 is 65.7 Å². The van der Waals surface area contributed by atoms with Crippen molar-refractivity contribution in [2.24, 2.45) is 39.4 Å². The van der Waals surface area contributed by atoms with E-state index in [1.54, 1.807) is 0 Å². The number of hydrogen-bond donors (Lipinski definition) is 1. The SMILES string of the molecule is C=CC(=O)OCC(COCC(=O)NC1CCC(CC2CCC(CC(=O)OCC(COCC(COC(=O)C=C)(COC(=O)C=C)COC(=O)C=C)(COC(=O)C=C)COC(=O)C=C)CC2)CC1)(COCC(COC(=O)C=C)(COC(=O)C=C)COC(=O)C=C)COC(=O)C=C. The Morgan fingerprint density at radius 1 is 0.287 bits per heavy atom. The standard InChI is InChI=1S/C67H89NO26/c1-11-53(70)84-37-64(38-85-54(71)12-2,33-82-34-65(39-86-55(72)13-3,40-87-56(73)14-4)41-88-57(74)15-5)32-81-31-52(69)68-51-27-25-49(26-28-51)29-48-21-23-50(24-22-48)30-63(80)94-47-67(45-92-61(78)19-9,46-93-62(79)20-10)36-83-35-66(42-89-58(75)16-6,43-90-59(76)17-7)44-91-60(77)18-8/h11-20,48-51H,1-10,21-47H2,(H,68,69). The number of ether oxygens (including phenoxy) is 14. The summed E-state index contributed by atoms with van der Waals surface area (Å²) in [5.74, 6) is -8.95. The molecule has 0 unspecified atom stereocenters. The molecular formula is C67H89NO26. The van der Waals surface area contributed by atoms with Crippen LogP contribution in [-0.4, -0.2) is 190 Å². The molecule has 2 saturated carbocycles. The van der Waals surface area contributed by atoms with E-state index < -0.39 is 206 Å². The number of hydrogen-bond acceptors (Lipinski definition) is 26. The minimum absolute atomic E-state index is 0.0292. The van der Waals surface area contributed by atoms with Gasteiger partial charge in [0.2, 0.25) is 5.91 Å². The fourth-order valence-electron chi connectivity index (χ4n) is 9.64. The molecule has 2 fully saturated rings. The largest absolute Gasteiger partial charge is 0.465 e. The van der Waals surface area contributed by atoms with E-state index in [-0.39, 0.29) is 18.4 Å². The van der Waals surface area contributed by atoms with E-state index in [1.807, 2.05) is 0 Å². The van der Waals surface area contributed by atoms with Gasteiger partial charge in [0, 0.05) is 73.2 Å². The average Bonchev–Trinajstić information content (AvgIpc) is 0.932. The van der Waals surface area contributed by atoms with Crippen LogP contribution < -0.4 is 5.32 Å². The molecule has 2 rings (SSSR count). The fraction of sp³-hybridized carbons (Fsp3) is 0.522. The van der Waals surface area contributed by atoms with Crippen molar-refractivity contribution >= 4 is 71.6 Å². The molecule has 2 aliphatic carbocycles. The molecule has 0 bridgehead atoms. The third-order valence-electron chi connectivity index (χ3n) is 15.0. The maximum Gasteiger partial charge on any atom is 0.330 e. The Balaban J connectivity index is 2.14. The zero-order valence-corrected chi connectivity index (χ0v) is 53.4. The molecule has 0 aliphatic heterocycles. The van der Waals surface area contributed by atoms with Gasteiger partial charge in [-0.15, -0.1) is 0 Å². The van der Waals surface area contributed by atoms with Crippen molar-refractivity contribution in [2.75, 3.05) is 112 Å². The quantitative estimate of drug-likeness (QED) is 0.0471. The Morgan fingerprint density at radius 2 is 0.500 bits per heavy atom. The maximum absolute atomic E-state index is 13.6. The van der Waals surface area contributed by atoms with Crippen LogP contribution in [0.15, 0.2) is 127 Å². The molecule has 0 radical (unpaired) electrons. The van der Waals surface area contributed by atoms with E-state index >= 15 is 0 Å². The van der Waals surface area contributed by atoms with Crippen LogP contribution in [0.3, 0.4) is 0 Å². The molecule has 518 valence electrons. The average molecular weight is 1320 g/mol. The molecule has 0 aromatic heterocycles. The molecule has 0 spiro atoms. The highest BCUT2D eigenvalue weighted by Gasteiger charge is 2.43. The van der Waals surface area contributed by atoms with Crippen molar-refractivity contribution in [2.45, 2.75) is 70.3 Å². The predicted molar refractivity (Wildman–Crippen MR) is 333 cm³/mol. The van der Waals surface area contributed by atoms with Gasteiger partial charge in [-0.2, -0.15) is 0 Å². The molecule has 94 heavy (non-hydrogen) atoms. The highest BCUT2D eigenvalue weighted by molar-refractivity contribution is 5.85. The Hall–Kier alpha value is -9.08. The molecule has 1 N–H and O–H groups in total. The van der Waals surface area contributed by atoms with E-state index in [9.17, 15) is 57.5 Å². The van der Waals surface area contributed by atoms with Gasteiger partial charge in [-0.3, -0.25) is 9.59 Å². The molecule has 1 amide bonds. The minimum atomic E-state index is -1.58. The second kappa shape index (κ2) is 43.7. The maximum atomic E-state index is 13.6. The van der Waals surface area contributed by atoms with Gasteiger partial charge in [-0.25, -0.2) is 47.9 Å². The summed E-state index contributed by atoms with van der Waals surface area (Å²) < 4.78 is 77.2. The van der Waals surface area contributed by atoms with Crippen LogP contribution in [0.4, 0.5) is 0 Å². The van der Waals surface area contributed by atoms with Crippen molar-refractivity contribution in [1.29, 1.82) is 0 Å². The van der Waals surface area contributed by atoms with Crippen LogP contribution in [0.5, 0.6) is 0 Å². The second-order valence-corrected chi connectivity index (χ2v) is 22.9. The third-order valence-corrected chi connectivity index (χ3v) is 15.0. The molecule has 0 saturated heterocycles. The van der Waals surface area contributed by atoms with Crippen LogP contribution in [0.25, 0.3) is 0 Å². The first kappa shape index (κ1) is 81.0. The summed E-state index contributed by atoms with van der Waals surface area (Å²) in [6, 6.07) is -0.170. The van der Waals surface area contributed by atoms with Crippen molar-refractivity contribution in [3.05, 3.63) is 127 Å². The highest BCUT2D eigenvalue weighted by Crippen LogP contribution is 2.39. The first-order valence-corrected chi connectivity index (χ1v) is 30.0. The molecule has 2 aliphatic rings. The predicted octanol–water partition coefficient (Wildman–Crippen LogP) is 5.08. The van der Waals surface area contributed by atoms with Gasteiger partial charge in [-0.1, -0.05) is 78.6 Å². The second-order valence-electron chi connectivity index (χ2n) is 22.9. The molecular weight excluding hydrogens is 1230 g/mol. The summed E-state index contributed by atoms with van der Waals surface area (Å²) in [6.45, 7) is 25.4. The summed E-state index contributed by atoms with van der Waals surface area (Å²) in [6.07, 6.45) is 16.1. The lowest BCUT2D eigenvalue weighted by Crippen LogP contribution is -2.47. The summed E-state index contributed by atoms with van der Waals surface area (Å²) >= 11 is 0. The molecule has 27 heteroatoms. The van der Waals surface area contributed by atoms with Crippen molar-refractivity contribution < 1.29 is 124 Å². The number of rotatable bonds is 49. The van der Waals surface area contributed by atoms with Crippen LogP contribution >= 0.6 is 0 Å². The van der Waals surface area contributed by atoms with E-state index in [0.717, 1.165) is 106 Å². The number of esters is 11. The Labute approximate surface area is 547 Å². The number of nitrogens with one attached hydrogen (secondary N) is 1. The van der Waals surface area contributed by atoms with Crippen LogP contribution in [-0.2, 0) is 124 Å². The van der Waals surface area contributed by atoms with Crippen molar-refractivity contribution in [3.8, 4) is 0 Å². The summed E-state index contributed by atoms with van der Waals surface area (Å²) in [7, 11) is 0. The topological polar surface area (TPSA) is 346 Å². The minimum Gasteiger partial charge on any atom is -0.465 e. The van der Waals surface area contributed by atoms with Gasteiger partial charge < -0.3 is 71.6 Å². The van der Waals surface area contributed by atoms with E-state index in [1.165, 1.54) is 0 Å². The van der Waals surface area contributed by atoms with Crippen LogP contribution in [0.1, 0.15) is 64.2 Å². The molecule has 0 heterocycles. The molecule has 0 aromatic rings.